The first-order valence-electron chi connectivity index (χ1n) is 36.2. The van der Waals surface area contributed by atoms with Crippen molar-refractivity contribution >= 4 is 112 Å². The highest BCUT2D eigenvalue weighted by molar-refractivity contribution is 6.01. The SMILES string of the molecule is CC[C@H](C)[C@H](NC(=O)[C@H](CCCN=C(N)N)NC(=O)[C@H](Cc1cnc[nH]1)NC(=O)[C@H](CCC(N)=O)NC(=O)[C@@H](NC(=O)[C@H](CC(C)C)NC(=O)[C@@H](NC(=O)[C@H](Cc1c[nH]c2ccccc12)NC(=O)[C@@H]1CCCN1)[C@@H](C)O)[C@@H](C)CC)C(=O)N[C@@H](CC(=O)O)C(=O)NCC(=O)N[C@@H](CO)C(=O)N[C@@H](CCC(N)=O)C(=O)O. The van der Waals surface area contributed by atoms with E-state index in [0.717, 1.165) is 17.3 Å². The zero-order valence-electron chi connectivity index (χ0n) is 62.5. The lowest BCUT2D eigenvalue weighted by atomic mass is 9.96. The average molecular weight is 1550 g/mol. The van der Waals surface area contributed by atoms with E-state index in [2.05, 4.69) is 83.7 Å². The highest BCUT2D eigenvalue weighted by Gasteiger charge is 2.40. The van der Waals surface area contributed by atoms with Gasteiger partial charge in [-0.3, -0.25) is 76.9 Å². The third kappa shape index (κ3) is 30.4. The van der Waals surface area contributed by atoms with Crippen LogP contribution in [0.2, 0.25) is 0 Å². The van der Waals surface area contributed by atoms with Crippen LogP contribution in [-0.4, -0.2) is 241 Å². The number of aliphatic hydroxyl groups excluding tert-OH is 2. The number of nitrogens with zero attached hydrogens (tertiary/aromatic N) is 2. The Balaban J connectivity index is 1.58. The zero-order chi connectivity index (χ0) is 82.1. The lowest BCUT2D eigenvalue weighted by Crippen LogP contribution is -2.62. The van der Waals surface area contributed by atoms with Crippen LogP contribution < -0.4 is 92.1 Å². The summed E-state index contributed by atoms with van der Waals surface area (Å²) in [6.45, 7) is 9.55. The van der Waals surface area contributed by atoms with Crippen LogP contribution >= 0.6 is 0 Å². The molecule has 3 aromatic rings. The topological polar surface area (TPSA) is 671 Å². The van der Waals surface area contributed by atoms with Crippen molar-refractivity contribution in [1.82, 2.24) is 84.1 Å². The Bertz CT molecular complexity index is 3710. The molecule has 1 saturated heterocycles. The number of rotatable bonds is 49. The molecule has 14 amide bonds. The van der Waals surface area contributed by atoms with Crippen LogP contribution in [0.5, 0.6) is 0 Å². The molecule has 608 valence electrons. The molecule has 15 atom stereocenters. The number of carbonyl (C=O) groups excluding carboxylic acids is 14. The number of aliphatic imine (C=N–C) groups is 1. The normalized spacial score (nSPS) is 16.4. The van der Waals surface area contributed by atoms with Gasteiger partial charge in [-0.25, -0.2) is 9.78 Å². The summed E-state index contributed by atoms with van der Waals surface area (Å²) in [6.07, 6.45) is 0.548. The summed E-state index contributed by atoms with van der Waals surface area (Å²) >= 11 is 0. The van der Waals surface area contributed by atoms with Crippen molar-refractivity contribution in [2.75, 3.05) is 26.2 Å². The minimum atomic E-state index is -1.96. The fourth-order valence-corrected chi connectivity index (χ4v) is 11.6. The summed E-state index contributed by atoms with van der Waals surface area (Å²) < 4.78 is 0. The number of benzene rings is 1. The molecule has 0 saturated carbocycles. The summed E-state index contributed by atoms with van der Waals surface area (Å²) in [6, 6.07) is -11.2. The van der Waals surface area contributed by atoms with Gasteiger partial charge in [0.15, 0.2) is 5.96 Å². The summed E-state index contributed by atoms with van der Waals surface area (Å²) in [7, 11) is 0. The molecule has 1 aliphatic rings. The number of carboxylic acids is 2. The molecule has 1 aromatic carbocycles. The Morgan fingerprint density at radius 3 is 1.63 bits per heavy atom. The summed E-state index contributed by atoms with van der Waals surface area (Å²) in [5, 5.41) is 73.4. The van der Waals surface area contributed by atoms with Crippen molar-refractivity contribution in [3.05, 3.63) is 54.2 Å². The number of hydrogen-bond donors (Lipinski definition) is 23. The standard InChI is InChI=1S/C69H107N21O20/c1-8-34(5)54(89-62(103)45(24-33(3)4)86-67(108)56(36(7)92)90-63(104)46(84-58(99)41-16-12-22-75-41)25-37-28-77-40-15-11-10-14-39(37)40)65(106)82-43(18-20-50(70)93)59(100)85-47(26-38-29-74-32-79-38)61(102)81-42(17-13-23-76-69(72)73)60(101)88-55(35(6)9-2)66(107)87-48(27-53(96)97)57(98)78-30-52(95)80-49(31-91)64(105)83-44(68(109)110)19-21-51(71)94/h10-11,14-15,28-29,32-36,41-49,54-56,75,77,91-92H,8-9,12-13,16-27,30-31H2,1-7H3,(H2,70,93)(H2,71,94)(H,74,79)(H,78,98)(H,80,95)(H,81,102)(H,82,106)(H,83,105)(H,84,99)(H,85,100)(H,86,108)(H,87,107)(H,88,101)(H,89,103)(H,90,104)(H,96,97)(H,109,110)(H4,72,73,76)/t34-,35-,36+,41-,42-,43-,44-,45-,46-,47-,48-,49-,54-,55-,56-/m0/s1. The number of nitrogens with two attached hydrogens (primary N) is 4. The molecule has 0 aliphatic carbocycles. The van der Waals surface area contributed by atoms with Gasteiger partial charge in [-0.15, -0.1) is 0 Å². The maximum Gasteiger partial charge on any atom is 0.326 e. The molecule has 0 bridgehead atoms. The van der Waals surface area contributed by atoms with Crippen LogP contribution in [0.25, 0.3) is 10.9 Å². The number of aliphatic hydroxyl groups is 2. The molecular weight excluding hydrogens is 1440 g/mol. The predicted molar refractivity (Wildman–Crippen MR) is 393 cm³/mol. The Kier molecular flexibility index (Phi) is 37.6. The monoisotopic (exact) mass is 1550 g/mol. The van der Waals surface area contributed by atoms with Crippen LogP contribution in [0.4, 0.5) is 0 Å². The zero-order valence-corrected chi connectivity index (χ0v) is 62.5. The molecule has 110 heavy (non-hydrogen) atoms. The van der Waals surface area contributed by atoms with Gasteiger partial charge < -0.3 is 122 Å². The second kappa shape index (κ2) is 45.5. The van der Waals surface area contributed by atoms with E-state index < -0.39 is 230 Å². The molecule has 41 heteroatoms. The molecule has 0 unspecified atom stereocenters. The number of carboxylic acid groups (broad SMARTS) is 2. The molecule has 0 radical (unpaired) electrons. The van der Waals surface area contributed by atoms with Gasteiger partial charge in [0, 0.05) is 61.2 Å². The number of imidazole rings is 1. The second-order valence-corrected chi connectivity index (χ2v) is 27.4. The first kappa shape index (κ1) is 91.0. The number of aromatic amines is 2. The average Bonchev–Trinajstić information content (AvgIpc) is 1.63. The van der Waals surface area contributed by atoms with E-state index in [1.54, 1.807) is 40.8 Å². The number of H-pyrrole nitrogens is 2. The Morgan fingerprint density at radius 2 is 1.08 bits per heavy atom. The predicted octanol–water partition coefficient (Wildman–Crippen LogP) is -6.47. The molecule has 27 N–H and O–H groups in total. The molecule has 3 heterocycles. The first-order chi connectivity index (χ1) is 52.0. The van der Waals surface area contributed by atoms with Gasteiger partial charge in [-0.05, 0) is 87.8 Å². The number of carbonyl (C=O) groups is 16. The lowest BCUT2D eigenvalue weighted by Gasteiger charge is -2.30. The number of hydrogen-bond acceptors (Lipinski definition) is 21. The fourth-order valence-electron chi connectivity index (χ4n) is 11.6. The Labute approximate surface area is 633 Å². The molecule has 4 rings (SSSR count). The van der Waals surface area contributed by atoms with Gasteiger partial charge in [-0.1, -0.05) is 72.6 Å². The largest absolute Gasteiger partial charge is 0.481 e. The Hall–Kier alpha value is -11.4. The van der Waals surface area contributed by atoms with E-state index in [-0.39, 0.29) is 69.1 Å². The van der Waals surface area contributed by atoms with Crippen molar-refractivity contribution < 1.29 is 97.1 Å². The van der Waals surface area contributed by atoms with Gasteiger partial charge >= 0.3 is 11.9 Å². The maximum atomic E-state index is 14.8. The summed E-state index contributed by atoms with van der Waals surface area (Å²) in [5.74, 6) is -19.3. The third-order valence-electron chi connectivity index (χ3n) is 18.2. The Morgan fingerprint density at radius 1 is 0.573 bits per heavy atom. The summed E-state index contributed by atoms with van der Waals surface area (Å²) in [4.78, 5) is 230. The van der Waals surface area contributed by atoms with Crippen molar-refractivity contribution in [2.45, 2.75) is 217 Å². The van der Waals surface area contributed by atoms with Crippen LogP contribution in [0.1, 0.15) is 137 Å². The number of fused-ring (bicyclic) bond motifs is 1. The molecule has 41 nitrogen and oxygen atoms in total. The quantitative estimate of drug-likeness (QED) is 0.0142. The van der Waals surface area contributed by atoms with Gasteiger partial charge in [0.25, 0.3) is 0 Å². The van der Waals surface area contributed by atoms with Crippen LogP contribution in [0.3, 0.4) is 0 Å². The number of primary amides is 2. The second-order valence-electron chi connectivity index (χ2n) is 27.4. The summed E-state index contributed by atoms with van der Waals surface area (Å²) in [5.41, 5.74) is 23.4. The maximum absolute atomic E-state index is 14.8. The fraction of sp³-hybridized carbons (Fsp3) is 0.594. The van der Waals surface area contributed by atoms with Crippen LogP contribution in [0.15, 0.2) is 48.0 Å². The van der Waals surface area contributed by atoms with Crippen molar-refractivity contribution in [3.8, 4) is 0 Å². The van der Waals surface area contributed by atoms with Gasteiger partial charge in [0.1, 0.15) is 66.5 Å². The minimum Gasteiger partial charge on any atom is -0.481 e. The van der Waals surface area contributed by atoms with E-state index in [1.807, 2.05) is 29.6 Å². The van der Waals surface area contributed by atoms with E-state index in [1.165, 1.54) is 26.4 Å². The van der Waals surface area contributed by atoms with E-state index >= 15 is 0 Å². The van der Waals surface area contributed by atoms with E-state index in [0.29, 0.717) is 18.5 Å². The molecule has 2 aromatic heterocycles. The highest BCUT2D eigenvalue weighted by Crippen LogP contribution is 2.21. The molecule has 0 spiro atoms. The molecular formula is C69H107N21O20. The number of aromatic nitrogens is 3. The van der Waals surface area contributed by atoms with Crippen LogP contribution in [0, 0.1) is 17.8 Å². The van der Waals surface area contributed by atoms with Crippen molar-refractivity contribution in [1.29, 1.82) is 0 Å². The minimum absolute atomic E-state index is 0.0232. The number of para-hydroxylation sites is 1. The number of guanidine groups is 1. The van der Waals surface area contributed by atoms with Crippen molar-refractivity contribution in [2.24, 2.45) is 45.7 Å². The van der Waals surface area contributed by atoms with Gasteiger partial charge in [0.2, 0.25) is 82.7 Å². The number of amides is 14. The van der Waals surface area contributed by atoms with E-state index in [9.17, 15) is 97.1 Å². The molecule has 1 aliphatic heterocycles. The first-order valence-corrected chi connectivity index (χ1v) is 36.2. The van der Waals surface area contributed by atoms with E-state index in [4.69, 9.17) is 22.9 Å². The van der Waals surface area contributed by atoms with Gasteiger partial charge in [0.05, 0.1) is 38.0 Å². The lowest BCUT2D eigenvalue weighted by molar-refractivity contribution is -0.143. The van der Waals surface area contributed by atoms with Crippen molar-refractivity contribution in [3.63, 3.8) is 0 Å². The molecule has 1 fully saturated rings. The van der Waals surface area contributed by atoms with Crippen LogP contribution in [-0.2, 0) is 89.6 Å². The number of aliphatic carboxylic acids is 2. The highest BCUT2D eigenvalue weighted by atomic mass is 16.4. The third-order valence-corrected chi connectivity index (χ3v) is 18.2. The van der Waals surface area contributed by atoms with Gasteiger partial charge in [-0.2, -0.15) is 0 Å². The smallest absolute Gasteiger partial charge is 0.326 e. The number of nitrogens with one attached hydrogen (secondary N) is 15.